The van der Waals surface area contributed by atoms with Crippen LogP contribution in [-0.4, -0.2) is 51.9 Å². The molecule has 0 bridgehead atoms. The topological polar surface area (TPSA) is 49.3 Å². The molecule has 4 rings (SSSR count). The molecular formula is C21H22N4OS. The molecule has 1 aliphatic heterocycles. The van der Waals surface area contributed by atoms with Gasteiger partial charge in [-0.3, -0.25) is 14.7 Å². The molecule has 1 amide bonds. The molecule has 0 unspecified atom stereocenters. The summed E-state index contributed by atoms with van der Waals surface area (Å²) in [6.07, 6.45) is 3.92. The van der Waals surface area contributed by atoms with E-state index in [0.717, 1.165) is 49.0 Å². The van der Waals surface area contributed by atoms with Crippen LogP contribution < -0.4 is 0 Å². The van der Waals surface area contributed by atoms with Crippen LogP contribution in [0.15, 0.2) is 60.2 Å². The third-order valence-corrected chi connectivity index (χ3v) is 5.71. The smallest absolute Gasteiger partial charge is 0.228 e. The summed E-state index contributed by atoms with van der Waals surface area (Å²) in [6.45, 7) is 4.34. The fraction of sp³-hybridized carbons (Fsp3) is 0.286. The average molecular weight is 379 g/mol. The van der Waals surface area contributed by atoms with Crippen LogP contribution in [0.1, 0.15) is 11.3 Å². The standard InChI is InChI=1S/C21H22N4OS/c26-20(13-19-16-27-21(23-19)18-7-4-8-22-14-18)25-11-9-24(10-12-25)15-17-5-2-1-3-6-17/h1-8,14,16H,9-13,15H2. The Morgan fingerprint density at radius 2 is 1.85 bits per heavy atom. The number of nitrogens with zero attached hydrogens (tertiary/aromatic N) is 4. The maximum absolute atomic E-state index is 12.6. The Hall–Kier alpha value is -2.57. The third-order valence-electron chi connectivity index (χ3n) is 4.77. The predicted octanol–water partition coefficient (Wildman–Crippen LogP) is 3.09. The van der Waals surface area contributed by atoms with Crippen molar-refractivity contribution in [2.45, 2.75) is 13.0 Å². The molecule has 0 aliphatic carbocycles. The molecule has 0 radical (unpaired) electrons. The first kappa shape index (κ1) is 17.8. The largest absolute Gasteiger partial charge is 0.340 e. The van der Waals surface area contributed by atoms with Crippen molar-refractivity contribution in [3.05, 3.63) is 71.5 Å². The van der Waals surface area contributed by atoms with E-state index in [1.54, 1.807) is 23.7 Å². The molecule has 0 saturated carbocycles. The molecule has 0 atom stereocenters. The molecule has 0 spiro atoms. The summed E-state index contributed by atoms with van der Waals surface area (Å²) in [6, 6.07) is 14.4. The third kappa shape index (κ3) is 4.59. The van der Waals surface area contributed by atoms with Gasteiger partial charge >= 0.3 is 0 Å². The van der Waals surface area contributed by atoms with Crippen LogP contribution in [0.2, 0.25) is 0 Å². The Bertz CT molecular complexity index is 873. The van der Waals surface area contributed by atoms with E-state index in [2.05, 4.69) is 39.1 Å². The van der Waals surface area contributed by atoms with Crippen molar-refractivity contribution in [1.82, 2.24) is 19.8 Å². The van der Waals surface area contributed by atoms with Crippen LogP contribution in [0.4, 0.5) is 0 Å². The van der Waals surface area contributed by atoms with Gasteiger partial charge in [0.2, 0.25) is 5.91 Å². The van der Waals surface area contributed by atoms with E-state index in [1.807, 2.05) is 28.5 Å². The molecule has 1 saturated heterocycles. The highest BCUT2D eigenvalue weighted by Gasteiger charge is 2.22. The lowest BCUT2D eigenvalue weighted by Crippen LogP contribution is -2.48. The number of piperazine rings is 1. The highest BCUT2D eigenvalue weighted by molar-refractivity contribution is 7.13. The van der Waals surface area contributed by atoms with Crippen LogP contribution in [0, 0.1) is 0 Å². The minimum absolute atomic E-state index is 0.164. The van der Waals surface area contributed by atoms with E-state index in [9.17, 15) is 4.79 Å². The van der Waals surface area contributed by atoms with Gasteiger partial charge < -0.3 is 4.90 Å². The molecule has 1 fully saturated rings. The Kier molecular flexibility index (Phi) is 5.55. The summed E-state index contributed by atoms with van der Waals surface area (Å²) in [5.41, 5.74) is 3.16. The fourth-order valence-corrected chi connectivity index (χ4v) is 4.08. The average Bonchev–Trinajstić information content (AvgIpc) is 3.18. The summed E-state index contributed by atoms with van der Waals surface area (Å²) < 4.78 is 0. The molecule has 0 N–H and O–H groups in total. The zero-order chi connectivity index (χ0) is 18.5. The van der Waals surface area contributed by atoms with Gasteiger partial charge in [0.1, 0.15) is 5.01 Å². The SMILES string of the molecule is O=C(Cc1csc(-c2cccnc2)n1)N1CCN(Cc2ccccc2)CC1. The molecule has 1 aliphatic rings. The van der Waals surface area contributed by atoms with Gasteiger partial charge in [0.05, 0.1) is 12.1 Å². The molecule has 138 valence electrons. The number of hydrogen-bond acceptors (Lipinski definition) is 5. The Morgan fingerprint density at radius 3 is 2.59 bits per heavy atom. The molecule has 3 aromatic rings. The van der Waals surface area contributed by atoms with Gasteiger partial charge in [-0.25, -0.2) is 4.98 Å². The number of rotatable bonds is 5. The van der Waals surface area contributed by atoms with Gasteiger partial charge in [-0.2, -0.15) is 0 Å². The van der Waals surface area contributed by atoms with E-state index in [-0.39, 0.29) is 5.91 Å². The number of pyridine rings is 1. The predicted molar refractivity (Wildman–Crippen MR) is 107 cm³/mol. The van der Waals surface area contributed by atoms with E-state index >= 15 is 0 Å². The van der Waals surface area contributed by atoms with Gasteiger partial charge in [-0.05, 0) is 17.7 Å². The monoisotopic (exact) mass is 378 g/mol. The highest BCUT2D eigenvalue weighted by atomic mass is 32.1. The second-order valence-electron chi connectivity index (χ2n) is 6.71. The van der Waals surface area contributed by atoms with Crippen molar-refractivity contribution in [2.75, 3.05) is 26.2 Å². The van der Waals surface area contributed by atoms with Gasteiger partial charge in [-0.1, -0.05) is 30.3 Å². The number of carbonyl (C=O) groups is 1. The van der Waals surface area contributed by atoms with Crippen molar-refractivity contribution < 1.29 is 4.79 Å². The van der Waals surface area contributed by atoms with Crippen molar-refractivity contribution in [3.8, 4) is 10.6 Å². The second-order valence-corrected chi connectivity index (χ2v) is 7.56. The van der Waals surface area contributed by atoms with Gasteiger partial charge in [0, 0.05) is 56.1 Å². The Labute approximate surface area is 163 Å². The number of amides is 1. The van der Waals surface area contributed by atoms with Crippen LogP contribution in [-0.2, 0) is 17.8 Å². The van der Waals surface area contributed by atoms with Crippen LogP contribution in [0.5, 0.6) is 0 Å². The van der Waals surface area contributed by atoms with Crippen molar-refractivity contribution >= 4 is 17.2 Å². The number of thiazole rings is 1. The molecule has 1 aromatic carbocycles. The van der Waals surface area contributed by atoms with Crippen molar-refractivity contribution in [1.29, 1.82) is 0 Å². The molecule has 6 heteroatoms. The maximum Gasteiger partial charge on any atom is 0.228 e. The summed E-state index contributed by atoms with van der Waals surface area (Å²) in [7, 11) is 0. The number of benzene rings is 1. The second kappa shape index (κ2) is 8.41. The molecule has 27 heavy (non-hydrogen) atoms. The van der Waals surface area contributed by atoms with E-state index in [1.165, 1.54) is 5.56 Å². The van der Waals surface area contributed by atoms with E-state index < -0.39 is 0 Å². The number of hydrogen-bond donors (Lipinski definition) is 0. The normalized spacial score (nSPS) is 15.0. The summed E-state index contributed by atoms with van der Waals surface area (Å²) in [5, 5.41) is 2.89. The quantitative estimate of drug-likeness (QED) is 0.685. The minimum atomic E-state index is 0.164. The lowest BCUT2D eigenvalue weighted by molar-refractivity contribution is -0.132. The van der Waals surface area contributed by atoms with E-state index in [0.29, 0.717) is 6.42 Å². The lowest BCUT2D eigenvalue weighted by atomic mass is 10.2. The van der Waals surface area contributed by atoms with E-state index in [4.69, 9.17) is 0 Å². The van der Waals surface area contributed by atoms with Crippen LogP contribution >= 0.6 is 11.3 Å². The summed E-state index contributed by atoms with van der Waals surface area (Å²) in [5.74, 6) is 0.164. The Balaban J connectivity index is 1.29. The van der Waals surface area contributed by atoms with Gasteiger partial charge in [-0.15, -0.1) is 11.3 Å². The molecule has 5 nitrogen and oxygen atoms in total. The zero-order valence-corrected chi connectivity index (χ0v) is 15.9. The first-order chi connectivity index (χ1) is 13.3. The lowest BCUT2D eigenvalue weighted by Gasteiger charge is -2.34. The number of carbonyl (C=O) groups excluding carboxylic acids is 1. The van der Waals surface area contributed by atoms with Gasteiger partial charge in [0.15, 0.2) is 0 Å². The first-order valence-corrected chi connectivity index (χ1v) is 10.0. The summed E-state index contributed by atoms with van der Waals surface area (Å²) in [4.78, 5) is 25.7. The fourth-order valence-electron chi connectivity index (χ4n) is 3.27. The van der Waals surface area contributed by atoms with Crippen molar-refractivity contribution in [3.63, 3.8) is 0 Å². The zero-order valence-electron chi connectivity index (χ0n) is 15.1. The van der Waals surface area contributed by atoms with Crippen LogP contribution in [0.3, 0.4) is 0 Å². The summed E-state index contributed by atoms with van der Waals surface area (Å²) >= 11 is 1.56. The molecular weight excluding hydrogens is 356 g/mol. The Morgan fingerprint density at radius 1 is 1.04 bits per heavy atom. The first-order valence-electron chi connectivity index (χ1n) is 9.17. The minimum Gasteiger partial charge on any atom is -0.340 e. The maximum atomic E-state index is 12.6. The molecule has 2 aromatic heterocycles. The molecule has 3 heterocycles. The van der Waals surface area contributed by atoms with Crippen LogP contribution in [0.25, 0.3) is 10.6 Å². The number of aromatic nitrogens is 2. The van der Waals surface area contributed by atoms with Gasteiger partial charge in [0.25, 0.3) is 0 Å². The highest BCUT2D eigenvalue weighted by Crippen LogP contribution is 2.23. The van der Waals surface area contributed by atoms with Crippen molar-refractivity contribution in [2.24, 2.45) is 0 Å².